The summed E-state index contributed by atoms with van der Waals surface area (Å²) in [6.45, 7) is 5.32. The van der Waals surface area contributed by atoms with Crippen molar-refractivity contribution in [2.75, 3.05) is 20.8 Å². The van der Waals surface area contributed by atoms with Crippen molar-refractivity contribution < 1.29 is 27.4 Å². The summed E-state index contributed by atoms with van der Waals surface area (Å²) in [6, 6.07) is -2.63. The number of amides is 2. The molecule has 2 amide bonds. The van der Waals surface area contributed by atoms with Gasteiger partial charge < -0.3 is 19.7 Å². The molecule has 1 aliphatic heterocycles. The molecule has 1 saturated carbocycles. The average Bonchev–Trinajstić information content (AvgIpc) is 2.35. The topological polar surface area (TPSA) is 50.8 Å². The van der Waals surface area contributed by atoms with Crippen LogP contribution in [0.25, 0.3) is 0 Å². The van der Waals surface area contributed by atoms with Crippen LogP contribution in [0.4, 0.5) is 18.0 Å². The third kappa shape index (κ3) is 3.03. The number of likely N-dealkylation sites (tertiary alicyclic amines) is 1. The molecule has 5 nitrogen and oxygen atoms in total. The van der Waals surface area contributed by atoms with Gasteiger partial charge >= 0.3 is 12.2 Å². The van der Waals surface area contributed by atoms with Gasteiger partial charge in [0.15, 0.2) is 5.79 Å². The third-order valence-corrected chi connectivity index (χ3v) is 5.16. The molecule has 2 atom stereocenters. The lowest BCUT2D eigenvalue weighted by Gasteiger charge is -2.68. The molecule has 8 heteroatoms. The standard InChI is InChI=1S/C15H25F3N2O3/c1-9(2)11-13(6-14(7-13,22-4)23-5)8-20(11)12(21)19-10(3)15(16,17)18/h9-11H,6-8H2,1-5H3,(H,19,21)/t10-,11?/m1/s1. The van der Waals surface area contributed by atoms with Gasteiger partial charge in [-0.2, -0.15) is 13.2 Å². The maximum Gasteiger partial charge on any atom is 0.408 e. The summed E-state index contributed by atoms with van der Waals surface area (Å²) in [5.41, 5.74) is -0.126. The smallest absolute Gasteiger partial charge is 0.353 e. The Morgan fingerprint density at radius 3 is 2.13 bits per heavy atom. The van der Waals surface area contributed by atoms with E-state index in [4.69, 9.17) is 9.47 Å². The summed E-state index contributed by atoms with van der Waals surface area (Å²) in [4.78, 5) is 13.7. The van der Waals surface area contributed by atoms with E-state index in [0.717, 1.165) is 6.92 Å². The van der Waals surface area contributed by atoms with Gasteiger partial charge in [0.25, 0.3) is 0 Å². The van der Waals surface area contributed by atoms with Crippen LogP contribution in [-0.2, 0) is 9.47 Å². The highest BCUT2D eigenvalue weighted by atomic mass is 19.4. The maximum absolute atomic E-state index is 12.6. The van der Waals surface area contributed by atoms with Crippen molar-refractivity contribution in [3.05, 3.63) is 0 Å². The zero-order valence-electron chi connectivity index (χ0n) is 14.2. The highest BCUT2D eigenvalue weighted by molar-refractivity contribution is 5.76. The second-order valence-corrected chi connectivity index (χ2v) is 7.06. The lowest BCUT2D eigenvalue weighted by molar-refractivity contribution is -0.332. The lowest BCUT2D eigenvalue weighted by atomic mass is 9.52. The molecular weight excluding hydrogens is 313 g/mol. The van der Waals surface area contributed by atoms with Crippen LogP contribution in [0, 0.1) is 11.3 Å². The summed E-state index contributed by atoms with van der Waals surface area (Å²) in [6.07, 6.45) is -3.15. The van der Waals surface area contributed by atoms with Gasteiger partial charge in [-0.25, -0.2) is 4.79 Å². The number of ether oxygens (including phenoxy) is 2. The molecule has 2 rings (SSSR count). The lowest BCUT2D eigenvalue weighted by Crippen LogP contribution is -2.77. The van der Waals surface area contributed by atoms with Crippen molar-refractivity contribution in [3.8, 4) is 0 Å². The van der Waals surface area contributed by atoms with Crippen LogP contribution in [-0.4, -0.2) is 55.7 Å². The van der Waals surface area contributed by atoms with E-state index in [1.54, 1.807) is 14.2 Å². The fraction of sp³-hybridized carbons (Fsp3) is 0.933. The molecule has 1 heterocycles. The summed E-state index contributed by atoms with van der Waals surface area (Å²) in [5.74, 6) is -0.489. The number of nitrogens with one attached hydrogen (secondary N) is 1. The van der Waals surface area contributed by atoms with Gasteiger partial charge in [-0.05, 0) is 12.8 Å². The SMILES string of the molecule is COC1(OC)CC2(CN(C(=O)N[C@H](C)C(F)(F)F)C2C(C)C)C1. The molecular formula is C15H25F3N2O3. The van der Waals surface area contributed by atoms with E-state index in [2.05, 4.69) is 0 Å². The summed E-state index contributed by atoms with van der Waals surface area (Å²) in [7, 11) is 3.16. The number of nitrogens with zero attached hydrogens (tertiary/aromatic N) is 1. The van der Waals surface area contributed by atoms with Crippen LogP contribution in [0.15, 0.2) is 0 Å². The van der Waals surface area contributed by atoms with Crippen molar-refractivity contribution in [1.29, 1.82) is 0 Å². The van der Waals surface area contributed by atoms with Crippen LogP contribution in [0.5, 0.6) is 0 Å². The molecule has 0 radical (unpaired) electrons. The number of hydrogen-bond donors (Lipinski definition) is 1. The molecule has 1 N–H and O–H groups in total. The zero-order valence-corrected chi connectivity index (χ0v) is 14.2. The first-order valence-corrected chi connectivity index (χ1v) is 7.74. The predicted octanol–water partition coefficient (Wildman–Crippen LogP) is 2.76. The second kappa shape index (κ2) is 5.81. The molecule has 2 aliphatic rings. The minimum atomic E-state index is -4.44. The molecule has 23 heavy (non-hydrogen) atoms. The Kier molecular flexibility index (Phi) is 4.62. The molecule has 134 valence electrons. The molecule has 0 bridgehead atoms. The number of hydrogen-bond acceptors (Lipinski definition) is 3. The highest BCUT2D eigenvalue weighted by Crippen LogP contribution is 2.61. The molecule has 1 saturated heterocycles. The van der Waals surface area contributed by atoms with E-state index in [9.17, 15) is 18.0 Å². The highest BCUT2D eigenvalue weighted by Gasteiger charge is 2.68. The third-order valence-electron chi connectivity index (χ3n) is 5.16. The monoisotopic (exact) mass is 338 g/mol. The van der Waals surface area contributed by atoms with Gasteiger partial charge in [0.1, 0.15) is 6.04 Å². The van der Waals surface area contributed by atoms with Gasteiger partial charge in [0, 0.05) is 45.1 Å². The van der Waals surface area contributed by atoms with E-state index >= 15 is 0 Å². The predicted molar refractivity (Wildman–Crippen MR) is 77.8 cm³/mol. The Bertz CT molecular complexity index is 455. The number of methoxy groups -OCH3 is 2. The number of rotatable bonds is 4. The molecule has 0 aromatic carbocycles. The van der Waals surface area contributed by atoms with Gasteiger partial charge in [0.05, 0.1) is 0 Å². The van der Waals surface area contributed by atoms with Crippen LogP contribution < -0.4 is 5.32 Å². The second-order valence-electron chi connectivity index (χ2n) is 7.06. The van der Waals surface area contributed by atoms with Crippen molar-refractivity contribution in [2.45, 2.75) is 57.7 Å². The Labute approximate surface area is 134 Å². The quantitative estimate of drug-likeness (QED) is 0.802. The molecule has 0 aromatic heterocycles. The minimum absolute atomic E-state index is 0.110. The molecule has 0 aromatic rings. The number of halogens is 3. The summed E-state index contributed by atoms with van der Waals surface area (Å²) >= 11 is 0. The maximum atomic E-state index is 12.6. The van der Waals surface area contributed by atoms with Crippen LogP contribution in [0.3, 0.4) is 0 Å². The largest absolute Gasteiger partial charge is 0.408 e. The van der Waals surface area contributed by atoms with E-state index in [1.165, 1.54) is 4.90 Å². The number of carbonyl (C=O) groups excluding carboxylic acids is 1. The van der Waals surface area contributed by atoms with E-state index in [1.807, 2.05) is 19.2 Å². The minimum Gasteiger partial charge on any atom is -0.353 e. The summed E-state index contributed by atoms with van der Waals surface area (Å²) < 4.78 is 48.6. The van der Waals surface area contributed by atoms with Crippen molar-refractivity contribution in [2.24, 2.45) is 11.3 Å². The summed E-state index contributed by atoms with van der Waals surface area (Å²) in [5, 5.41) is 2.04. The molecule has 1 aliphatic carbocycles. The average molecular weight is 338 g/mol. The zero-order chi connectivity index (χ0) is 17.6. The van der Waals surface area contributed by atoms with Gasteiger partial charge in [-0.3, -0.25) is 0 Å². The van der Waals surface area contributed by atoms with Crippen molar-refractivity contribution >= 4 is 6.03 Å². The van der Waals surface area contributed by atoms with Crippen molar-refractivity contribution in [3.63, 3.8) is 0 Å². The number of urea groups is 1. The van der Waals surface area contributed by atoms with Gasteiger partial charge in [0.2, 0.25) is 0 Å². The first kappa shape index (κ1) is 18.3. The number of alkyl halides is 3. The molecule has 2 fully saturated rings. The van der Waals surface area contributed by atoms with Gasteiger partial charge in [-0.1, -0.05) is 13.8 Å². The van der Waals surface area contributed by atoms with Crippen LogP contribution in [0.1, 0.15) is 33.6 Å². The first-order valence-electron chi connectivity index (χ1n) is 7.74. The Morgan fingerprint density at radius 2 is 1.74 bits per heavy atom. The fourth-order valence-electron chi connectivity index (χ4n) is 4.08. The van der Waals surface area contributed by atoms with E-state index < -0.39 is 24.0 Å². The number of carbonyl (C=O) groups is 1. The Balaban J connectivity index is 2.02. The van der Waals surface area contributed by atoms with Crippen LogP contribution in [0.2, 0.25) is 0 Å². The first-order chi connectivity index (χ1) is 10.5. The van der Waals surface area contributed by atoms with Crippen molar-refractivity contribution in [1.82, 2.24) is 10.2 Å². The molecule has 1 spiro atoms. The van der Waals surface area contributed by atoms with Crippen LogP contribution >= 0.6 is 0 Å². The Hall–Kier alpha value is -1.02. The van der Waals surface area contributed by atoms with E-state index in [0.29, 0.717) is 19.4 Å². The van der Waals surface area contributed by atoms with E-state index in [-0.39, 0.29) is 17.4 Å². The van der Waals surface area contributed by atoms with Gasteiger partial charge in [-0.15, -0.1) is 0 Å². The normalized spacial score (nSPS) is 26.7. The fourth-order valence-corrected chi connectivity index (χ4v) is 4.08. The Morgan fingerprint density at radius 1 is 1.22 bits per heavy atom. The molecule has 1 unspecified atom stereocenters.